The number of likely N-dealkylation sites (N-methyl/N-ethyl adjacent to an activating group) is 1. The Bertz CT molecular complexity index is 591. The third-order valence-electron chi connectivity index (χ3n) is 3.16. The molecule has 0 N–H and O–H groups in total. The number of benzene rings is 1. The molecule has 0 bridgehead atoms. The van der Waals surface area contributed by atoms with Gasteiger partial charge in [-0.1, -0.05) is 30.3 Å². The average molecular weight is 318 g/mol. The van der Waals surface area contributed by atoms with E-state index in [0.717, 1.165) is 10.6 Å². The van der Waals surface area contributed by atoms with Gasteiger partial charge in [-0.15, -0.1) is 11.3 Å². The largest absolute Gasteiger partial charge is 0.444 e. The van der Waals surface area contributed by atoms with Gasteiger partial charge in [0, 0.05) is 18.6 Å². The minimum absolute atomic E-state index is 0.128. The van der Waals surface area contributed by atoms with Crippen molar-refractivity contribution in [1.29, 1.82) is 0 Å². The van der Waals surface area contributed by atoms with Gasteiger partial charge in [-0.25, -0.2) is 9.78 Å². The predicted molar refractivity (Wildman–Crippen MR) is 89.0 cm³/mol. The maximum atomic E-state index is 12.4. The predicted octanol–water partition coefficient (Wildman–Crippen LogP) is 4.29. The van der Waals surface area contributed by atoms with E-state index in [2.05, 4.69) is 17.1 Å². The Balaban J connectivity index is 2.19. The van der Waals surface area contributed by atoms with Crippen molar-refractivity contribution in [2.24, 2.45) is 0 Å². The summed E-state index contributed by atoms with van der Waals surface area (Å²) in [7, 11) is 1.77. The van der Waals surface area contributed by atoms with Crippen molar-refractivity contribution in [2.75, 3.05) is 7.05 Å². The maximum absolute atomic E-state index is 12.4. The second-order valence-electron chi connectivity index (χ2n) is 6.17. The molecule has 22 heavy (non-hydrogen) atoms. The molecule has 0 aliphatic carbocycles. The summed E-state index contributed by atoms with van der Waals surface area (Å²) in [5, 5.41) is 2.84. The van der Waals surface area contributed by atoms with Crippen LogP contribution in [-0.2, 0) is 11.2 Å². The molecule has 0 aliphatic heterocycles. The van der Waals surface area contributed by atoms with Gasteiger partial charge in [0.1, 0.15) is 10.6 Å². The van der Waals surface area contributed by atoms with Gasteiger partial charge < -0.3 is 9.64 Å². The molecule has 1 atom stereocenters. The number of carbonyl (C=O) groups excluding carboxylic acids is 1. The van der Waals surface area contributed by atoms with E-state index >= 15 is 0 Å². The van der Waals surface area contributed by atoms with Gasteiger partial charge in [0.2, 0.25) is 0 Å². The smallest absolute Gasteiger partial charge is 0.410 e. The van der Waals surface area contributed by atoms with Crippen LogP contribution in [0.15, 0.2) is 41.9 Å². The fraction of sp³-hybridized carbons (Fsp3) is 0.412. The van der Waals surface area contributed by atoms with Crippen LogP contribution in [0.2, 0.25) is 0 Å². The van der Waals surface area contributed by atoms with Gasteiger partial charge in [-0.3, -0.25) is 0 Å². The monoisotopic (exact) mass is 318 g/mol. The molecule has 1 aromatic heterocycles. The molecule has 2 aromatic rings. The van der Waals surface area contributed by atoms with E-state index in [9.17, 15) is 4.79 Å². The van der Waals surface area contributed by atoms with Crippen LogP contribution in [0.4, 0.5) is 4.79 Å². The van der Waals surface area contributed by atoms with Crippen molar-refractivity contribution >= 4 is 17.4 Å². The number of rotatable bonds is 4. The fourth-order valence-corrected chi connectivity index (χ4v) is 2.87. The minimum Gasteiger partial charge on any atom is -0.444 e. The first-order valence-corrected chi connectivity index (χ1v) is 8.14. The normalized spacial score (nSPS) is 12.7. The molecule has 0 spiro atoms. The Morgan fingerprint density at radius 2 is 2.00 bits per heavy atom. The zero-order valence-corrected chi connectivity index (χ0v) is 14.3. The van der Waals surface area contributed by atoms with Crippen molar-refractivity contribution in [3.8, 4) is 0 Å². The lowest BCUT2D eigenvalue weighted by atomic mass is 10.1. The van der Waals surface area contributed by atoms with Crippen LogP contribution in [0.5, 0.6) is 0 Å². The number of amides is 1. The van der Waals surface area contributed by atoms with Crippen molar-refractivity contribution < 1.29 is 9.53 Å². The van der Waals surface area contributed by atoms with Crippen molar-refractivity contribution in [1.82, 2.24) is 9.88 Å². The third kappa shape index (κ3) is 4.56. The van der Waals surface area contributed by atoms with Crippen molar-refractivity contribution in [3.63, 3.8) is 0 Å². The van der Waals surface area contributed by atoms with E-state index in [1.54, 1.807) is 29.5 Å². The van der Waals surface area contributed by atoms with Crippen molar-refractivity contribution in [3.05, 3.63) is 52.5 Å². The van der Waals surface area contributed by atoms with Gasteiger partial charge in [0.25, 0.3) is 0 Å². The Morgan fingerprint density at radius 1 is 1.32 bits per heavy atom. The van der Waals surface area contributed by atoms with E-state index in [1.165, 1.54) is 0 Å². The molecule has 1 aromatic carbocycles. The number of hydrogen-bond acceptors (Lipinski definition) is 4. The van der Waals surface area contributed by atoms with Crippen LogP contribution in [0.1, 0.15) is 37.4 Å². The van der Waals surface area contributed by atoms with Gasteiger partial charge in [0.15, 0.2) is 0 Å². The van der Waals surface area contributed by atoms with Gasteiger partial charge >= 0.3 is 6.09 Å². The maximum Gasteiger partial charge on any atom is 0.410 e. The summed E-state index contributed by atoms with van der Waals surface area (Å²) in [6, 6.07) is 9.98. The van der Waals surface area contributed by atoms with Crippen LogP contribution >= 0.6 is 11.3 Å². The zero-order chi connectivity index (χ0) is 16.2. The molecule has 0 saturated carbocycles. The van der Waals surface area contributed by atoms with Gasteiger partial charge in [0.05, 0.1) is 6.04 Å². The highest BCUT2D eigenvalue weighted by Crippen LogP contribution is 2.27. The van der Waals surface area contributed by atoms with Crippen LogP contribution in [0.3, 0.4) is 0 Å². The lowest BCUT2D eigenvalue weighted by molar-refractivity contribution is 0.0219. The molecule has 1 amide bonds. The molecule has 5 heteroatoms. The molecule has 0 aliphatic rings. The SMILES string of the molecule is CN(C(=O)OC(C)(C)C)[C@@H](Cc1ccccc1)c1nccs1. The molecule has 118 valence electrons. The first kappa shape index (κ1) is 16.5. The second kappa shape index (κ2) is 6.92. The lowest BCUT2D eigenvalue weighted by Crippen LogP contribution is -2.37. The highest BCUT2D eigenvalue weighted by molar-refractivity contribution is 7.09. The molecule has 2 rings (SSSR count). The van der Waals surface area contributed by atoms with Gasteiger partial charge in [-0.2, -0.15) is 0 Å². The van der Waals surface area contributed by atoms with E-state index in [1.807, 2.05) is 44.4 Å². The van der Waals surface area contributed by atoms with Crippen LogP contribution < -0.4 is 0 Å². The molecule has 0 unspecified atom stereocenters. The summed E-state index contributed by atoms with van der Waals surface area (Å²) in [5.74, 6) is 0. The van der Waals surface area contributed by atoms with E-state index < -0.39 is 5.60 Å². The number of nitrogens with zero attached hydrogens (tertiary/aromatic N) is 2. The molecule has 0 fully saturated rings. The third-order valence-corrected chi connectivity index (χ3v) is 4.03. The van der Waals surface area contributed by atoms with Crippen LogP contribution in [0, 0.1) is 0 Å². The molecule has 1 heterocycles. The average Bonchev–Trinajstić information content (AvgIpc) is 2.97. The topological polar surface area (TPSA) is 42.4 Å². The summed E-state index contributed by atoms with van der Waals surface area (Å²) in [5.41, 5.74) is 0.657. The minimum atomic E-state index is -0.508. The summed E-state index contributed by atoms with van der Waals surface area (Å²) in [4.78, 5) is 18.4. The first-order chi connectivity index (χ1) is 10.4. The number of carbonyl (C=O) groups is 1. The highest BCUT2D eigenvalue weighted by Gasteiger charge is 2.28. The van der Waals surface area contributed by atoms with E-state index in [-0.39, 0.29) is 12.1 Å². The molecular formula is C17H22N2O2S. The number of hydrogen-bond donors (Lipinski definition) is 0. The highest BCUT2D eigenvalue weighted by atomic mass is 32.1. The van der Waals surface area contributed by atoms with E-state index in [4.69, 9.17) is 4.74 Å². The van der Waals surface area contributed by atoms with Crippen LogP contribution in [-0.4, -0.2) is 28.6 Å². The van der Waals surface area contributed by atoms with Gasteiger partial charge in [-0.05, 0) is 32.8 Å². The summed E-state index contributed by atoms with van der Waals surface area (Å²) >= 11 is 1.55. The Morgan fingerprint density at radius 3 is 2.55 bits per heavy atom. The number of thiazole rings is 1. The second-order valence-corrected chi connectivity index (χ2v) is 7.09. The molecule has 0 radical (unpaired) electrons. The Hall–Kier alpha value is -1.88. The van der Waals surface area contributed by atoms with Crippen LogP contribution in [0.25, 0.3) is 0 Å². The summed E-state index contributed by atoms with van der Waals surface area (Å²) in [6.45, 7) is 5.61. The molecule has 4 nitrogen and oxygen atoms in total. The lowest BCUT2D eigenvalue weighted by Gasteiger charge is -2.29. The molecular weight excluding hydrogens is 296 g/mol. The van der Waals surface area contributed by atoms with E-state index in [0.29, 0.717) is 6.42 Å². The quantitative estimate of drug-likeness (QED) is 0.844. The van der Waals surface area contributed by atoms with Crippen molar-refractivity contribution in [2.45, 2.75) is 38.8 Å². The zero-order valence-electron chi connectivity index (χ0n) is 13.4. The Kier molecular flexibility index (Phi) is 5.19. The summed E-state index contributed by atoms with van der Waals surface area (Å²) < 4.78 is 5.48. The standard InChI is InChI=1S/C17H22N2O2S/c1-17(2,3)21-16(20)19(4)14(15-18-10-11-22-15)12-13-8-6-5-7-9-13/h5-11,14H,12H2,1-4H3/t14-/m0/s1. The Labute approximate surface area is 135 Å². The summed E-state index contributed by atoms with van der Waals surface area (Å²) in [6.07, 6.45) is 2.15. The first-order valence-electron chi connectivity index (χ1n) is 7.26. The number of aromatic nitrogens is 1. The fourth-order valence-electron chi connectivity index (χ4n) is 2.09. The number of ether oxygens (including phenoxy) is 1. The molecule has 0 saturated heterocycles.